The van der Waals surface area contributed by atoms with Crippen molar-refractivity contribution in [2.24, 2.45) is 0 Å². The zero-order valence-corrected chi connectivity index (χ0v) is 14.7. The standard InChI is InChI=1S/C16H15Cl2NO3S/c1-2-23(21,22)14-7-5-13(6-8-14)19-16(20)9-11-3-4-12(17)10-15(11)18/h3-8,10H,2,9H2,1H3,(H,19,20). The maximum atomic E-state index is 12.0. The fourth-order valence-electron chi connectivity index (χ4n) is 1.96. The molecule has 0 saturated carbocycles. The molecular weight excluding hydrogens is 357 g/mol. The first kappa shape index (κ1) is 17.8. The van der Waals surface area contributed by atoms with E-state index in [0.29, 0.717) is 21.3 Å². The smallest absolute Gasteiger partial charge is 0.228 e. The molecular formula is C16H15Cl2NO3S. The van der Waals surface area contributed by atoms with Crippen molar-refractivity contribution >= 4 is 44.6 Å². The number of rotatable bonds is 5. The van der Waals surface area contributed by atoms with Crippen molar-refractivity contribution in [2.45, 2.75) is 18.2 Å². The number of amides is 1. The van der Waals surface area contributed by atoms with Crippen LogP contribution in [0.25, 0.3) is 0 Å². The lowest BCUT2D eigenvalue weighted by Gasteiger charge is -2.08. The number of anilines is 1. The first-order chi connectivity index (χ1) is 10.8. The lowest BCUT2D eigenvalue weighted by molar-refractivity contribution is -0.115. The maximum absolute atomic E-state index is 12.0. The topological polar surface area (TPSA) is 63.2 Å². The van der Waals surface area contributed by atoms with E-state index in [2.05, 4.69) is 5.32 Å². The summed E-state index contributed by atoms with van der Waals surface area (Å²) in [5.41, 5.74) is 1.19. The monoisotopic (exact) mass is 371 g/mol. The third-order valence-electron chi connectivity index (χ3n) is 3.24. The van der Waals surface area contributed by atoms with Gasteiger partial charge in [0.15, 0.2) is 9.84 Å². The summed E-state index contributed by atoms with van der Waals surface area (Å²) in [6.45, 7) is 1.58. The Kier molecular flexibility index (Phi) is 5.68. The van der Waals surface area contributed by atoms with E-state index in [4.69, 9.17) is 23.2 Å². The minimum Gasteiger partial charge on any atom is -0.326 e. The van der Waals surface area contributed by atoms with E-state index in [9.17, 15) is 13.2 Å². The Hall–Kier alpha value is -1.56. The van der Waals surface area contributed by atoms with Gasteiger partial charge in [-0.2, -0.15) is 0 Å². The Balaban J connectivity index is 2.06. The second kappa shape index (κ2) is 7.34. The van der Waals surface area contributed by atoms with Crippen molar-refractivity contribution < 1.29 is 13.2 Å². The van der Waals surface area contributed by atoms with Crippen LogP contribution in [0.2, 0.25) is 10.0 Å². The summed E-state index contributed by atoms with van der Waals surface area (Å²) in [6.07, 6.45) is 0.102. The molecule has 1 amide bonds. The van der Waals surface area contributed by atoms with E-state index >= 15 is 0 Å². The fourth-order valence-corrected chi connectivity index (χ4v) is 3.31. The number of carbonyl (C=O) groups is 1. The molecule has 0 aliphatic carbocycles. The van der Waals surface area contributed by atoms with Gasteiger partial charge in [-0.1, -0.05) is 36.2 Å². The molecule has 0 spiro atoms. The number of benzene rings is 2. The zero-order chi connectivity index (χ0) is 17.0. The highest BCUT2D eigenvalue weighted by atomic mass is 35.5. The number of halogens is 2. The summed E-state index contributed by atoms with van der Waals surface area (Å²) in [5, 5.41) is 3.64. The van der Waals surface area contributed by atoms with Crippen molar-refractivity contribution in [3.63, 3.8) is 0 Å². The highest BCUT2D eigenvalue weighted by Gasteiger charge is 2.12. The summed E-state index contributed by atoms with van der Waals surface area (Å²) < 4.78 is 23.5. The molecule has 0 unspecified atom stereocenters. The van der Waals surface area contributed by atoms with Crippen LogP contribution in [0.3, 0.4) is 0 Å². The van der Waals surface area contributed by atoms with Crippen LogP contribution < -0.4 is 5.32 Å². The third-order valence-corrected chi connectivity index (χ3v) is 5.58. The molecule has 0 heterocycles. The van der Waals surface area contributed by atoms with Crippen molar-refractivity contribution in [2.75, 3.05) is 11.1 Å². The Morgan fingerprint density at radius 3 is 2.30 bits per heavy atom. The van der Waals surface area contributed by atoms with Gasteiger partial charge in [-0.3, -0.25) is 4.79 Å². The molecule has 23 heavy (non-hydrogen) atoms. The van der Waals surface area contributed by atoms with Gasteiger partial charge in [-0.05, 0) is 42.0 Å². The van der Waals surface area contributed by atoms with Gasteiger partial charge in [0, 0.05) is 15.7 Å². The molecule has 0 bridgehead atoms. The first-order valence-electron chi connectivity index (χ1n) is 6.88. The van der Waals surface area contributed by atoms with Gasteiger partial charge in [0.1, 0.15) is 0 Å². The molecule has 0 atom stereocenters. The summed E-state index contributed by atoms with van der Waals surface area (Å²) in [4.78, 5) is 12.3. The van der Waals surface area contributed by atoms with Crippen LogP contribution in [-0.4, -0.2) is 20.1 Å². The van der Waals surface area contributed by atoms with Crippen molar-refractivity contribution in [1.29, 1.82) is 0 Å². The average Bonchev–Trinajstić information content (AvgIpc) is 2.50. The summed E-state index contributed by atoms with van der Waals surface area (Å²) in [5.74, 6) is -0.214. The Labute approximate surface area is 145 Å². The van der Waals surface area contributed by atoms with Crippen LogP contribution in [0, 0.1) is 0 Å². The summed E-state index contributed by atoms with van der Waals surface area (Å²) >= 11 is 11.8. The molecule has 4 nitrogen and oxygen atoms in total. The zero-order valence-electron chi connectivity index (χ0n) is 12.3. The maximum Gasteiger partial charge on any atom is 0.228 e. The highest BCUT2D eigenvalue weighted by Crippen LogP contribution is 2.22. The van der Waals surface area contributed by atoms with Gasteiger partial charge >= 0.3 is 0 Å². The normalized spacial score (nSPS) is 11.3. The third kappa shape index (κ3) is 4.70. The number of hydrogen-bond acceptors (Lipinski definition) is 3. The van der Waals surface area contributed by atoms with Crippen molar-refractivity contribution in [3.8, 4) is 0 Å². The lowest BCUT2D eigenvalue weighted by Crippen LogP contribution is -2.14. The molecule has 0 aromatic heterocycles. The molecule has 0 aliphatic rings. The van der Waals surface area contributed by atoms with E-state index in [1.165, 1.54) is 12.1 Å². The number of hydrogen-bond donors (Lipinski definition) is 1. The minimum atomic E-state index is -3.24. The molecule has 0 saturated heterocycles. The Morgan fingerprint density at radius 2 is 1.74 bits per heavy atom. The molecule has 0 aliphatic heterocycles. The van der Waals surface area contributed by atoms with E-state index in [0.717, 1.165) is 0 Å². The van der Waals surface area contributed by atoms with Crippen LogP contribution in [0.15, 0.2) is 47.4 Å². The van der Waals surface area contributed by atoms with Gasteiger partial charge in [-0.25, -0.2) is 8.42 Å². The highest BCUT2D eigenvalue weighted by molar-refractivity contribution is 7.91. The molecule has 7 heteroatoms. The number of carbonyl (C=O) groups excluding carboxylic acids is 1. The van der Waals surface area contributed by atoms with Crippen molar-refractivity contribution in [1.82, 2.24) is 0 Å². The van der Waals surface area contributed by atoms with Gasteiger partial charge < -0.3 is 5.32 Å². The fraction of sp³-hybridized carbons (Fsp3) is 0.188. The largest absolute Gasteiger partial charge is 0.326 e. The Morgan fingerprint density at radius 1 is 1.09 bits per heavy atom. The predicted molar refractivity (Wildman–Crippen MR) is 93.0 cm³/mol. The number of nitrogens with one attached hydrogen (secondary N) is 1. The molecule has 2 aromatic carbocycles. The average molecular weight is 372 g/mol. The van der Waals surface area contributed by atoms with E-state index < -0.39 is 9.84 Å². The second-order valence-corrected chi connectivity index (χ2v) is 8.01. The summed E-state index contributed by atoms with van der Waals surface area (Å²) in [7, 11) is -3.24. The van der Waals surface area contributed by atoms with E-state index in [1.807, 2.05) is 0 Å². The Bertz CT molecular complexity index is 818. The summed E-state index contributed by atoms with van der Waals surface area (Å²) in [6, 6.07) is 11.0. The number of sulfone groups is 1. The predicted octanol–water partition coefficient (Wildman–Crippen LogP) is 3.97. The van der Waals surface area contributed by atoms with Crippen molar-refractivity contribution in [3.05, 3.63) is 58.1 Å². The first-order valence-corrected chi connectivity index (χ1v) is 9.29. The van der Waals surface area contributed by atoms with E-state index in [-0.39, 0.29) is 23.0 Å². The van der Waals surface area contributed by atoms with Gasteiger partial charge in [0.2, 0.25) is 5.91 Å². The van der Waals surface area contributed by atoms with Crippen LogP contribution >= 0.6 is 23.2 Å². The van der Waals surface area contributed by atoms with Crippen LogP contribution in [0.1, 0.15) is 12.5 Å². The lowest BCUT2D eigenvalue weighted by atomic mass is 10.1. The molecule has 2 rings (SSSR count). The van der Waals surface area contributed by atoms with E-state index in [1.54, 1.807) is 37.3 Å². The second-order valence-electron chi connectivity index (χ2n) is 4.89. The minimum absolute atomic E-state index is 0.0355. The molecule has 0 fully saturated rings. The molecule has 0 radical (unpaired) electrons. The van der Waals surface area contributed by atoms with Crippen LogP contribution in [0.5, 0.6) is 0 Å². The quantitative estimate of drug-likeness (QED) is 0.864. The SMILES string of the molecule is CCS(=O)(=O)c1ccc(NC(=O)Cc2ccc(Cl)cc2Cl)cc1. The van der Waals surface area contributed by atoms with Gasteiger partial charge in [0.25, 0.3) is 0 Å². The molecule has 122 valence electrons. The van der Waals surface area contributed by atoms with Crippen LogP contribution in [0.4, 0.5) is 5.69 Å². The molecule has 1 N–H and O–H groups in total. The van der Waals surface area contributed by atoms with Gasteiger partial charge in [0.05, 0.1) is 17.1 Å². The van der Waals surface area contributed by atoms with Gasteiger partial charge in [-0.15, -0.1) is 0 Å². The van der Waals surface area contributed by atoms with Crippen LogP contribution in [-0.2, 0) is 21.1 Å². The molecule has 2 aromatic rings.